The fourth-order valence-electron chi connectivity index (χ4n) is 6.34. The number of nitrogens with zero attached hydrogens (tertiary/aromatic N) is 3. The molecule has 2 aliphatic carbocycles. The number of allylic oxidation sites excluding steroid dienone is 2. The summed E-state index contributed by atoms with van der Waals surface area (Å²) in [5, 5.41) is 0. The van der Waals surface area contributed by atoms with Crippen LogP contribution in [0.3, 0.4) is 0 Å². The molecule has 2 aromatic carbocycles. The summed E-state index contributed by atoms with van der Waals surface area (Å²) in [6, 6.07) is 13.4. The van der Waals surface area contributed by atoms with E-state index in [9.17, 15) is 17.6 Å². The minimum atomic E-state index is -4.01. The van der Waals surface area contributed by atoms with E-state index in [1.54, 1.807) is 35.4 Å². The predicted molar refractivity (Wildman–Crippen MR) is 172 cm³/mol. The SMILES string of the molecule is COc1ccc(CN2CCN(C(=O)c3ccc(NS(=O)(=O)C4=CC5CCCCC5=Cc5cccnc54)cc3OC)CC2)cc1F. The van der Waals surface area contributed by atoms with E-state index in [4.69, 9.17) is 9.47 Å². The third-order valence-corrected chi connectivity index (χ3v) is 10.1. The average molecular weight is 633 g/mol. The molecule has 9 nitrogen and oxygen atoms in total. The van der Waals surface area contributed by atoms with E-state index in [2.05, 4.69) is 20.7 Å². The van der Waals surface area contributed by atoms with Gasteiger partial charge >= 0.3 is 0 Å². The molecule has 3 aliphatic rings. The van der Waals surface area contributed by atoms with Crippen molar-refractivity contribution in [1.82, 2.24) is 14.8 Å². The number of ether oxygens (including phenoxy) is 2. The maximum Gasteiger partial charge on any atom is 0.263 e. The lowest BCUT2D eigenvalue weighted by molar-refractivity contribution is 0.0625. The lowest BCUT2D eigenvalue weighted by Gasteiger charge is -2.35. The van der Waals surface area contributed by atoms with E-state index < -0.39 is 15.8 Å². The highest BCUT2D eigenvalue weighted by molar-refractivity contribution is 8.01. The van der Waals surface area contributed by atoms with Gasteiger partial charge in [0.15, 0.2) is 11.6 Å². The average Bonchev–Trinajstić information content (AvgIpc) is 3.22. The van der Waals surface area contributed by atoms with Crippen LogP contribution in [0.1, 0.15) is 52.9 Å². The Kier molecular flexibility index (Phi) is 8.91. The number of fused-ring (bicyclic) bond motifs is 2. The van der Waals surface area contributed by atoms with E-state index in [1.165, 1.54) is 25.9 Å². The number of pyridine rings is 1. The molecule has 1 saturated heterocycles. The standard InChI is InChI=1S/C34H37FN4O5S/c1-43-30-12-9-23(18-29(30)35)22-38-14-16-39(17-15-38)34(40)28-11-10-27(21-31(28)44-2)37-45(41,42)32-20-25-7-4-3-6-24(25)19-26-8-5-13-36-33(26)32/h5,8-13,18-21,25,37H,3-4,6-7,14-17,22H2,1-2H3. The van der Waals surface area contributed by atoms with Crippen molar-refractivity contribution in [1.29, 1.82) is 0 Å². The summed E-state index contributed by atoms with van der Waals surface area (Å²) in [6.07, 6.45) is 9.53. The maximum absolute atomic E-state index is 14.1. The molecule has 2 heterocycles. The molecule has 0 bridgehead atoms. The molecule has 45 heavy (non-hydrogen) atoms. The first-order valence-electron chi connectivity index (χ1n) is 15.2. The quantitative estimate of drug-likeness (QED) is 0.347. The summed E-state index contributed by atoms with van der Waals surface area (Å²) in [4.78, 5) is 22.0. The number of nitrogens with one attached hydrogen (secondary N) is 1. The van der Waals surface area contributed by atoms with Gasteiger partial charge in [-0.2, -0.15) is 0 Å². The predicted octanol–water partition coefficient (Wildman–Crippen LogP) is 5.57. The van der Waals surface area contributed by atoms with Gasteiger partial charge in [0.2, 0.25) is 0 Å². The summed E-state index contributed by atoms with van der Waals surface area (Å²) >= 11 is 0. The molecule has 1 aromatic heterocycles. The van der Waals surface area contributed by atoms with Crippen molar-refractivity contribution < 1.29 is 27.1 Å². The number of amides is 1. The first-order valence-corrected chi connectivity index (χ1v) is 16.7. The van der Waals surface area contributed by atoms with Crippen LogP contribution in [0.5, 0.6) is 11.5 Å². The Morgan fingerprint density at radius 1 is 1.02 bits per heavy atom. The second-order valence-electron chi connectivity index (χ2n) is 11.6. The first-order chi connectivity index (χ1) is 21.8. The highest BCUT2D eigenvalue weighted by Crippen LogP contribution is 2.39. The molecule has 6 rings (SSSR count). The largest absolute Gasteiger partial charge is 0.496 e. The number of rotatable bonds is 8. The van der Waals surface area contributed by atoms with E-state index in [1.807, 2.05) is 24.3 Å². The fourth-order valence-corrected chi connectivity index (χ4v) is 7.66. The van der Waals surface area contributed by atoms with Crippen LogP contribution in [0.15, 0.2) is 66.4 Å². The number of methoxy groups -OCH3 is 2. The van der Waals surface area contributed by atoms with Crippen molar-refractivity contribution in [3.05, 3.63) is 94.6 Å². The zero-order chi connectivity index (χ0) is 31.6. The molecule has 1 unspecified atom stereocenters. The van der Waals surface area contributed by atoms with E-state index in [0.29, 0.717) is 49.7 Å². The molecular formula is C34H37FN4O5S. The van der Waals surface area contributed by atoms with Crippen LogP contribution in [-0.2, 0) is 16.6 Å². The van der Waals surface area contributed by atoms with Gasteiger partial charge in [-0.25, -0.2) is 12.8 Å². The minimum absolute atomic E-state index is 0.0481. The number of aromatic nitrogens is 1. The van der Waals surface area contributed by atoms with Gasteiger partial charge in [0.1, 0.15) is 10.7 Å². The van der Waals surface area contributed by atoms with Crippen molar-refractivity contribution >= 4 is 32.6 Å². The molecule has 3 aromatic rings. The second-order valence-corrected chi connectivity index (χ2v) is 13.3. The number of anilines is 1. The number of sulfonamides is 1. The number of hydrogen-bond donors (Lipinski definition) is 1. The van der Waals surface area contributed by atoms with Gasteiger partial charge in [-0.15, -0.1) is 0 Å². The molecule has 236 valence electrons. The summed E-state index contributed by atoms with van der Waals surface area (Å²) in [5.74, 6) is -0.0599. The van der Waals surface area contributed by atoms with Gasteiger partial charge in [0, 0.05) is 50.6 Å². The zero-order valence-corrected chi connectivity index (χ0v) is 26.3. The van der Waals surface area contributed by atoms with Gasteiger partial charge in [0.05, 0.1) is 31.2 Å². The van der Waals surface area contributed by atoms with Crippen LogP contribution in [-0.4, -0.2) is 69.5 Å². The zero-order valence-electron chi connectivity index (χ0n) is 25.5. The third kappa shape index (κ3) is 6.60. The number of halogens is 1. The summed E-state index contributed by atoms with van der Waals surface area (Å²) < 4.78 is 55.1. The number of piperazine rings is 1. The molecule has 0 spiro atoms. The van der Waals surface area contributed by atoms with Crippen LogP contribution in [0.25, 0.3) is 11.0 Å². The smallest absolute Gasteiger partial charge is 0.263 e. The Morgan fingerprint density at radius 2 is 1.82 bits per heavy atom. The molecular weight excluding hydrogens is 595 g/mol. The van der Waals surface area contributed by atoms with Crippen molar-refractivity contribution in [2.24, 2.45) is 5.92 Å². The Balaban J connectivity index is 1.15. The molecule has 0 radical (unpaired) electrons. The van der Waals surface area contributed by atoms with Gasteiger partial charge in [-0.05, 0) is 61.1 Å². The van der Waals surface area contributed by atoms with Gasteiger partial charge < -0.3 is 14.4 Å². The van der Waals surface area contributed by atoms with Crippen LogP contribution in [0.4, 0.5) is 10.1 Å². The van der Waals surface area contributed by atoms with Gasteiger partial charge in [-0.3, -0.25) is 19.4 Å². The lowest BCUT2D eigenvalue weighted by Crippen LogP contribution is -2.48. The summed E-state index contributed by atoms with van der Waals surface area (Å²) in [5.41, 5.74) is 3.94. The monoisotopic (exact) mass is 632 g/mol. The van der Waals surface area contributed by atoms with E-state index in [-0.39, 0.29) is 28.2 Å². The highest BCUT2D eigenvalue weighted by atomic mass is 32.2. The van der Waals surface area contributed by atoms with Crippen LogP contribution >= 0.6 is 0 Å². The van der Waals surface area contributed by atoms with Crippen molar-refractivity contribution in [3.63, 3.8) is 0 Å². The van der Waals surface area contributed by atoms with Crippen LogP contribution in [0, 0.1) is 11.7 Å². The number of carbonyl (C=O) groups excluding carboxylic acids is 1. The highest BCUT2D eigenvalue weighted by Gasteiger charge is 2.30. The minimum Gasteiger partial charge on any atom is -0.496 e. The molecule has 1 N–H and O–H groups in total. The number of hydrogen-bond acceptors (Lipinski definition) is 7. The Morgan fingerprint density at radius 3 is 2.58 bits per heavy atom. The van der Waals surface area contributed by atoms with E-state index in [0.717, 1.165) is 36.8 Å². The summed E-state index contributed by atoms with van der Waals surface area (Å²) in [7, 11) is -1.12. The number of carbonyl (C=O) groups is 1. The maximum atomic E-state index is 14.1. The van der Waals surface area contributed by atoms with Crippen molar-refractivity contribution in [2.45, 2.75) is 32.2 Å². The normalized spacial score (nSPS) is 18.6. The molecule has 1 amide bonds. The van der Waals surface area contributed by atoms with Crippen LogP contribution in [0.2, 0.25) is 0 Å². The Hall–Kier alpha value is -4.22. The van der Waals surface area contributed by atoms with Gasteiger partial charge in [0.25, 0.3) is 15.9 Å². The number of benzene rings is 2. The summed E-state index contributed by atoms with van der Waals surface area (Å²) in [6.45, 7) is 2.80. The van der Waals surface area contributed by atoms with Gasteiger partial charge in [-0.1, -0.05) is 36.3 Å². The molecule has 2 fully saturated rings. The van der Waals surface area contributed by atoms with Crippen LogP contribution < -0.4 is 14.2 Å². The van der Waals surface area contributed by atoms with Crippen molar-refractivity contribution in [3.8, 4) is 11.5 Å². The van der Waals surface area contributed by atoms with Crippen molar-refractivity contribution in [2.75, 3.05) is 45.1 Å². The Bertz CT molecular complexity index is 1770. The fraction of sp³-hybridized carbons (Fsp3) is 0.353. The first kappa shape index (κ1) is 30.8. The second kappa shape index (κ2) is 13.0. The lowest BCUT2D eigenvalue weighted by atomic mass is 9.84. The molecule has 1 saturated carbocycles. The molecule has 1 atom stereocenters. The topological polar surface area (TPSA) is 101 Å². The van der Waals surface area contributed by atoms with E-state index >= 15 is 0 Å². The molecule has 1 aliphatic heterocycles. The molecule has 11 heteroatoms. The third-order valence-electron chi connectivity index (χ3n) is 8.73. The Labute approximate surface area is 263 Å².